The average Bonchev–Trinajstić information content (AvgIpc) is 2.76. The number of nitriles is 2. The van der Waals surface area contributed by atoms with Gasteiger partial charge in [-0.25, -0.2) is 4.98 Å². The first kappa shape index (κ1) is 24.0. The zero-order valence-electron chi connectivity index (χ0n) is 16.0. The van der Waals surface area contributed by atoms with Gasteiger partial charge in [-0.2, -0.15) is 19.3 Å². The Labute approximate surface area is 186 Å². The number of aliphatic hydroxyl groups is 1. The number of aromatic nitrogens is 1. The topological polar surface area (TPSA) is 102 Å². The number of pyridine rings is 1. The van der Waals surface area contributed by atoms with E-state index in [-0.39, 0.29) is 32.6 Å². The second-order valence-corrected chi connectivity index (χ2v) is 7.18. The summed E-state index contributed by atoms with van der Waals surface area (Å²) in [6.07, 6.45) is -0.641. The molecule has 2 aromatic rings. The highest BCUT2D eigenvalue weighted by Crippen LogP contribution is 2.37. The molecule has 0 aliphatic carbocycles. The molecule has 1 heterocycles. The van der Waals surface area contributed by atoms with Crippen LogP contribution in [-0.4, -0.2) is 35.3 Å². The summed E-state index contributed by atoms with van der Waals surface area (Å²) in [6.45, 7) is 5.59. The number of hydrogen-bond acceptors (Lipinski definition) is 7. The normalized spacial score (nSPS) is 11.4. The van der Waals surface area contributed by atoms with Crippen molar-refractivity contribution < 1.29 is 18.6 Å². The summed E-state index contributed by atoms with van der Waals surface area (Å²) in [5.74, 6) is 0.168. The van der Waals surface area contributed by atoms with Crippen LogP contribution in [0.3, 0.4) is 0 Å². The quantitative estimate of drug-likeness (QED) is 0.245. The Morgan fingerprint density at radius 1 is 1.29 bits per heavy atom. The Balaban J connectivity index is 2.53. The standard InChI is InChI=1S/C21H15ClF2N4O2S/c1-3-13(10-27-2)11-31-20-17(9-26)18(16(8-25)19(22)28-20)14-4-6-15(7-5-14)30-21(23,24)12-29/h3-7,10,29H,1-2,11-12H2/b13-10+. The van der Waals surface area contributed by atoms with Crippen molar-refractivity contribution in [3.63, 3.8) is 0 Å². The molecule has 6 nitrogen and oxygen atoms in total. The molecule has 1 aromatic heterocycles. The molecule has 0 radical (unpaired) electrons. The van der Waals surface area contributed by atoms with Gasteiger partial charge in [0.05, 0.1) is 11.1 Å². The van der Waals surface area contributed by atoms with Crippen LogP contribution in [0, 0.1) is 22.7 Å². The molecule has 0 aliphatic rings. The molecule has 0 atom stereocenters. The van der Waals surface area contributed by atoms with Crippen LogP contribution >= 0.6 is 23.4 Å². The van der Waals surface area contributed by atoms with Gasteiger partial charge in [-0.3, -0.25) is 4.99 Å². The second kappa shape index (κ2) is 10.7. The fraction of sp³-hybridized carbons (Fsp3) is 0.143. The van der Waals surface area contributed by atoms with Crippen molar-refractivity contribution in [2.75, 3.05) is 12.4 Å². The molecule has 0 fully saturated rings. The van der Waals surface area contributed by atoms with Crippen molar-refractivity contribution in [2.24, 2.45) is 4.99 Å². The predicted octanol–water partition coefficient (Wildman–Crippen LogP) is 4.97. The smallest absolute Gasteiger partial charge is 0.421 e. The van der Waals surface area contributed by atoms with Crippen LogP contribution in [0.4, 0.5) is 8.78 Å². The molecule has 0 bridgehead atoms. The third-order valence-electron chi connectivity index (χ3n) is 3.83. The van der Waals surface area contributed by atoms with Gasteiger partial charge in [0.15, 0.2) is 0 Å². The zero-order valence-corrected chi connectivity index (χ0v) is 17.6. The highest BCUT2D eigenvalue weighted by atomic mass is 35.5. The second-order valence-electron chi connectivity index (χ2n) is 5.86. The average molecular weight is 461 g/mol. The molecule has 0 unspecified atom stereocenters. The molecule has 0 aliphatic heterocycles. The summed E-state index contributed by atoms with van der Waals surface area (Å²) in [4.78, 5) is 7.85. The van der Waals surface area contributed by atoms with Gasteiger partial charge in [-0.05, 0) is 30.0 Å². The number of rotatable bonds is 9. The lowest BCUT2D eigenvalue weighted by molar-refractivity contribution is -0.200. The van der Waals surface area contributed by atoms with Gasteiger partial charge in [-0.15, -0.1) is 11.8 Å². The molecule has 0 spiro atoms. The van der Waals surface area contributed by atoms with Crippen molar-refractivity contribution in [2.45, 2.75) is 11.1 Å². The summed E-state index contributed by atoms with van der Waals surface area (Å²) in [5.41, 5.74) is 1.42. The number of thioether (sulfide) groups is 1. The lowest BCUT2D eigenvalue weighted by Gasteiger charge is -2.16. The van der Waals surface area contributed by atoms with Crippen LogP contribution in [-0.2, 0) is 0 Å². The molecule has 10 heteroatoms. The molecule has 1 aromatic carbocycles. The Bertz CT molecular complexity index is 1110. The first-order valence-electron chi connectivity index (χ1n) is 8.52. The number of allylic oxidation sites excluding steroid dienone is 1. The van der Waals surface area contributed by atoms with Gasteiger partial charge in [0.2, 0.25) is 0 Å². The molecule has 1 N–H and O–H groups in total. The molecule has 31 heavy (non-hydrogen) atoms. The summed E-state index contributed by atoms with van der Waals surface area (Å²) in [5, 5.41) is 28.1. The molecule has 2 rings (SSSR count). The van der Waals surface area contributed by atoms with Crippen LogP contribution in [0.1, 0.15) is 11.1 Å². The van der Waals surface area contributed by atoms with Gasteiger partial charge in [0.1, 0.15) is 34.7 Å². The summed E-state index contributed by atoms with van der Waals surface area (Å²) in [6, 6.07) is 9.25. The molecular weight excluding hydrogens is 446 g/mol. The Hall–Kier alpha value is -3.24. The molecule has 0 amide bonds. The van der Waals surface area contributed by atoms with Crippen molar-refractivity contribution >= 4 is 30.1 Å². The van der Waals surface area contributed by atoms with Crippen molar-refractivity contribution in [1.29, 1.82) is 10.5 Å². The van der Waals surface area contributed by atoms with E-state index in [0.717, 1.165) is 5.57 Å². The minimum atomic E-state index is -3.74. The number of nitrogens with zero attached hydrogens (tertiary/aromatic N) is 4. The minimum Gasteiger partial charge on any atom is -0.431 e. The van der Waals surface area contributed by atoms with E-state index in [9.17, 15) is 19.3 Å². The Kier molecular flexibility index (Phi) is 8.29. The van der Waals surface area contributed by atoms with Crippen LogP contribution < -0.4 is 4.74 Å². The number of halogens is 3. The largest absolute Gasteiger partial charge is 0.431 e. The summed E-state index contributed by atoms with van der Waals surface area (Å²) >= 11 is 7.38. The highest BCUT2D eigenvalue weighted by molar-refractivity contribution is 7.99. The number of ether oxygens (including phenoxy) is 1. The molecule has 158 valence electrons. The molecule has 0 saturated carbocycles. The maximum absolute atomic E-state index is 13.2. The van der Waals surface area contributed by atoms with Gasteiger partial charge < -0.3 is 9.84 Å². The van der Waals surface area contributed by atoms with Crippen LogP contribution in [0.15, 0.2) is 58.7 Å². The van der Waals surface area contributed by atoms with Gasteiger partial charge in [0, 0.05) is 17.5 Å². The van der Waals surface area contributed by atoms with Crippen molar-refractivity contribution in [3.05, 3.63) is 65.0 Å². The highest BCUT2D eigenvalue weighted by Gasteiger charge is 2.30. The summed E-state index contributed by atoms with van der Waals surface area (Å²) < 4.78 is 30.9. The van der Waals surface area contributed by atoms with E-state index < -0.39 is 12.7 Å². The fourth-order valence-electron chi connectivity index (χ4n) is 2.45. The Morgan fingerprint density at radius 3 is 2.45 bits per heavy atom. The van der Waals surface area contributed by atoms with E-state index >= 15 is 0 Å². The van der Waals surface area contributed by atoms with E-state index in [2.05, 4.69) is 28.0 Å². The maximum Gasteiger partial charge on any atom is 0.421 e. The van der Waals surface area contributed by atoms with Gasteiger partial charge in [-0.1, -0.05) is 36.4 Å². The number of hydrogen-bond donors (Lipinski definition) is 1. The first-order valence-corrected chi connectivity index (χ1v) is 9.88. The van der Waals surface area contributed by atoms with E-state index in [0.29, 0.717) is 11.3 Å². The number of aliphatic imine (C=N–C) groups is 1. The maximum atomic E-state index is 13.2. The third-order valence-corrected chi connectivity index (χ3v) is 5.15. The van der Waals surface area contributed by atoms with Crippen LogP contribution in [0.5, 0.6) is 5.75 Å². The lowest BCUT2D eigenvalue weighted by Crippen LogP contribution is -2.28. The van der Waals surface area contributed by atoms with Crippen molar-refractivity contribution in [1.82, 2.24) is 4.98 Å². The van der Waals surface area contributed by atoms with Crippen LogP contribution in [0.25, 0.3) is 11.1 Å². The van der Waals surface area contributed by atoms with E-state index in [1.807, 2.05) is 12.1 Å². The monoisotopic (exact) mass is 460 g/mol. The fourth-order valence-corrected chi connectivity index (χ4v) is 3.66. The van der Waals surface area contributed by atoms with Gasteiger partial charge in [0.25, 0.3) is 0 Å². The zero-order chi connectivity index (χ0) is 23.0. The van der Waals surface area contributed by atoms with E-state index in [4.69, 9.17) is 16.7 Å². The van der Waals surface area contributed by atoms with Gasteiger partial charge >= 0.3 is 6.11 Å². The lowest BCUT2D eigenvalue weighted by atomic mass is 9.97. The number of benzene rings is 1. The van der Waals surface area contributed by atoms with E-state index in [1.54, 1.807) is 6.08 Å². The molecular formula is C21H15ClF2N4O2S. The minimum absolute atomic E-state index is 0.0239. The predicted molar refractivity (Wildman–Crippen MR) is 115 cm³/mol. The Morgan fingerprint density at radius 2 is 1.94 bits per heavy atom. The summed E-state index contributed by atoms with van der Waals surface area (Å²) in [7, 11) is 0. The third kappa shape index (κ3) is 5.89. The van der Waals surface area contributed by atoms with E-state index in [1.165, 1.54) is 42.2 Å². The van der Waals surface area contributed by atoms with Crippen molar-refractivity contribution in [3.8, 4) is 29.0 Å². The number of alkyl halides is 2. The SMILES string of the molecule is C=C/C(=C\N=C)CSc1nc(Cl)c(C#N)c(-c2ccc(OC(F)(F)CO)cc2)c1C#N. The number of aliphatic hydroxyl groups excluding tert-OH is 1. The molecule has 0 saturated heterocycles. The first-order chi connectivity index (χ1) is 14.8. The van der Waals surface area contributed by atoms with Crippen LogP contribution in [0.2, 0.25) is 5.15 Å².